The Morgan fingerprint density at radius 3 is 2.12 bits per heavy atom. The van der Waals surface area contributed by atoms with E-state index in [9.17, 15) is 0 Å². The van der Waals surface area contributed by atoms with E-state index in [0.29, 0.717) is 11.8 Å². The van der Waals surface area contributed by atoms with Crippen LogP contribution >= 0.6 is 35.6 Å². The molecule has 1 nitrogen and oxygen atoms in total. The Morgan fingerprint density at radius 2 is 1.62 bits per heavy atom. The zero-order valence-corrected chi connectivity index (χ0v) is 11.8. The van der Waals surface area contributed by atoms with Crippen molar-refractivity contribution in [2.75, 3.05) is 24.8 Å². The first-order valence-corrected chi connectivity index (χ1v) is 6.23. The molecule has 1 aromatic rings. The van der Waals surface area contributed by atoms with Gasteiger partial charge < -0.3 is 0 Å². The monoisotopic (exact) mass is 281 g/mol. The third kappa shape index (κ3) is 5.40. The Kier molecular flexibility index (Phi) is 9.15. The Bertz CT molecular complexity index is 285. The molecular weight excluding hydrogens is 264 g/mol. The molecule has 16 heavy (non-hydrogen) atoms. The summed E-state index contributed by atoms with van der Waals surface area (Å²) in [5, 5.41) is 0. The lowest BCUT2D eigenvalue weighted by atomic mass is 10.1. The van der Waals surface area contributed by atoms with E-state index in [1.54, 1.807) is 0 Å². The molecule has 1 aromatic carbocycles. The Labute approximate surface area is 114 Å². The van der Waals surface area contributed by atoms with Crippen LogP contribution in [0.15, 0.2) is 24.3 Å². The third-order valence-corrected chi connectivity index (χ3v) is 2.79. The van der Waals surface area contributed by atoms with Crippen molar-refractivity contribution in [2.24, 2.45) is 0 Å². The normalized spacial score (nSPS) is 10.2. The average Bonchev–Trinajstić information content (AvgIpc) is 2.22. The molecule has 0 aliphatic heterocycles. The molecule has 0 unspecified atom stereocenters. The Hall–Kier alpha value is 0.0500. The smallest absolute Gasteiger partial charge is 0.0351 e. The average molecular weight is 283 g/mol. The van der Waals surface area contributed by atoms with Crippen LogP contribution in [-0.4, -0.2) is 29.7 Å². The lowest BCUT2D eigenvalue weighted by Crippen LogP contribution is -2.27. The summed E-state index contributed by atoms with van der Waals surface area (Å²) in [6.07, 6.45) is 0. The largest absolute Gasteiger partial charge is 0.297 e. The zero-order chi connectivity index (χ0) is 11.1. The highest BCUT2D eigenvalue weighted by Crippen LogP contribution is 2.10. The summed E-state index contributed by atoms with van der Waals surface area (Å²) in [5.74, 6) is 1.31. The third-order valence-electron chi connectivity index (χ3n) is 2.46. The molecule has 0 radical (unpaired) electrons. The van der Waals surface area contributed by atoms with E-state index in [2.05, 4.69) is 36.1 Å². The van der Waals surface area contributed by atoms with Crippen molar-refractivity contribution >= 4 is 35.6 Å². The van der Waals surface area contributed by atoms with E-state index in [4.69, 9.17) is 23.2 Å². The second kappa shape index (κ2) is 9.12. The quantitative estimate of drug-likeness (QED) is 0.719. The van der Waals surface area contributed by atoms with Crippen molar-refractivity contribution < 1.29 is 0 Å². The first-order valence-electron chi connectivity index (χ1n) is 5.16. The summed E-state index contributed by atoms with van der Waals surface area (Å²) in [4.78, 5) is 2.28. The summed E-state index contributed by atoms with van der Waals surface area (Å²) in [6.45, 7) is 4.85. The maximum Gasteiger partial charge on any atom is 0.0351 e. The van der Waals surface area contributed by atoms with Crippen LogP contribution in [0.3, 0.4) is 0 Å². The number of rotatable bonds is 6. The number of aryl methyl sites for hydroxylation is 1. The fraction of sp³-hybridized carbons (Fsp3) is 0.500. The van der Waals surface area contributed by atoms with Gasteiger partial charge in [0.1, 0.15) is 0 Å². The number of benzene rings is 1. The standard InChI is InChI=1S/C12H17Cl2N.ClH/c1-11-4-2-3-5-12(11)10-15(8-6-13)9-7-14;/h2-5H,6-10H2,1H3;1H. The van der Waals surface area contributed by atoms with Gasteiger partial charge in [-0.1, -0.05) is 24.3 Å². The topological polar surface area (TPSA) is 3.24 Å². The molecular formula is C12H18Cl3N. The molecule has 92 valence electrons. The maximum atomic E-state index is 5.75. The maximum absolute atomic E-state index is 5.75. The Morgan fingerprint density at radius 1 is 1.06 bits per heavy atom. The summed E-state index contributed by atoms with van der Waals surface area (Å²) >= 11 is 11.5. The van der Waals surface area contributed by atoms with Gasteiger partial charge in [0.2, 0.25) is 0 Å². The molecule has 4 heteroatoms. The summed E-state index contributed by atoms with van der Waals surface area (Å²) in [7, 11) is 0. The molecule has 0 amide bonds. The predicted octanol–water partition coefficient (Wildman–Crippen LogP) is 3.70. The molecule has 0 atom stereocenters. The molecule has 0 aliphatic rings. The van der Waals surface area contributed by atoms with Crippen LogP contribution in [0.1, 0.15) is 11.1 Å². The number of hydrogen-bond donors (Lipinski definition) is 0. The predicted molar refractivity (Wildman–Crippen MR) is 75.1 cm³/mol. The molecule has 0 spiro atoms. The van der Waals surface area contributed by atoms with Crippen LogP contribution in [0.5, 0.6) is 0 Å². The van der Waals surface area contributed by atoms with Gasteiger partial charge in [0.25, 0.3) is 0 Å². The van der Waals surface area contributed by atoms with Crippen LogP contribution in [0, 0.1) is 6.92 Å². The second-order valence-electron chi connectivity index (χ2n) is 3.58. The van der Waals surface area contributed by atoms with E-state index >= 15 is 0 Å². The Balaban J connectivity index is 0.00000225. The molecule has 0 saturated heterocycles. The summed E-state index contributed by atoms with van der Waals surface area (Å²) in [6, 6.07) is 8.42. The molecule has 0 saturated carbocycles. The highest BCUT2D eigenvalue weighted by molar-refractivity contribution is 6.18. The highest BCUT2D eigenvalue weighted by atomic mass is 35.5. The van der Waals surface area contributed by atoms with Gasteiger partial charge in [-0.3, -0.25) is 4.90 Å². The van der Waals surface area contributed by atoms with Gasteiger partial charge in [-0.25, -0.2) is 0 Å². The van der Waals surface area contributed by atoms with E-state index in [1.165, 1.54) is 11.1 Å². The van der Waals surface area contributed by atoms with E-state index in [-0.39, 0.29) is 12.4 Å². The van der Waals surface area contributed by atoms with Crippen molar-refractivity contribution in [2.45, 2.75) is 13.5 Å². The van der Waals surface area contributed by atoms with Gasteiger partial charge in [0, 0.05) is 31.4 Å². The van der Waals surface area contributed by atoms with Gasteiger partial charge in [-0.05, 0) is 18.1 Å². The van der Waals surface area contributed by atoms with Gasteiger partial charge >= 0.3 is 0 Å². The van der Waals surface area contributed by atoms with E-state index < -0.39 is 0 Å². The van der Waals surface area contributed by atoms with Crippen LogP contribution < -0.4 is 0 Å². The highest BCUT2D eigenvalue weighted by Gasteiger charge is 2.05. The minimum atomic E-state index is 0. The van der Waals surface area contributed by atoms with Gasteiger partial charge in [-0.2, -0.15) is 0 Å². The van der Waals surface area contributed by atoms with Crippen molar-refractivity contribution in [3.8, 4) is 0 Å². The van der Waals surface area contributed by atoms with E-state index in [0.717, 1.165) is 19.6 Å². The first kappa shape index (κ1) is 16.1. The van der Waals surface area contributed by atoms with Gasteiger partial charge in [-0.15, -0.1) is 35.6 Å². The van der Waals surface area contributed by atoms with Crippen LogP contribution in [-0.2, 0) is 6.54 Å². The summed E-state index contributed by atoms with van der Waals surface area (Å²) in [5.41, 5.74) is 2.68. The fourth-order valence-electron chi connectivity index (χ4n) is 1.54. The number of nitrogens with zero attached hydrogens (tertiary/aromatic N) is 1. The number of halogens is 3. The second-order valence-corrected chi connectivity index (χ2v) is 4.34. The zero-order valence-electron chi connectivity index (χ0n) is 9.46. The van der Waals surface area contributed by atoms with Gasteiger partial charge in [0.15, 0.2) is 0 Å². The van der Waals surface area contributed by atoms with Crippen molar-refractivity contribution in [3.05, 3.63) is 35.4 Å². The molecule has 0 N–H and O–H groups in total. The summed E-state index contributed by atoms with van der Waals surface area (Å²) < 4.78 is 0. The lowest BCUT2D eigenvalue weighted by molar-refractivity contribution is 0.299. The van der Waals surface area contributed by atoms with Gasteiger partial charge in [0.05, 0.1) is 0 Å². The minimum Gasteiger partial charge on any atom is -0.297 e. The molecule has 1 rings (SSSR count). The molecule has 0 bridgehead atoms. The fourth-order valence-corrected chi connectivity index (χ4v) is 2.02. The van der Waals surface area contributed by atoms with Crippen molar-refractivity contribution in [3.63, 3.8) is 0 Å². The number of alkyl halides is 2. The first-order chi connectivity index (χ1) is 7.27. The van der Waals surface area contributed by atoms with Crippen molar-refractivity contribution in [1.29, 1.82) is 0 Å². The SMILES string of the molecule is Cc1ccccc1CN(CCCl)CCCl.Cl. The minimum absolute atomic E-state index is 0. The molecule has 0 fully saturated rings. The van der Waals surface area contributed by atoms with E-state index in [1.807, 2.05) is 0 Å². The number of hydrogen-bond acceptors (Lipinski definition) is 1. The molecule has 0 heterocycles. The van der Waals surface area contributed by atoms with Crippen molar-refractivity contribution in [1.82, 2.24) is 4.90 Å². The lowest BCUT2D eigenvalue weighted by Gasteiger charge is -2.20. The van der Waals surface area contributed by atoms with Crippen LogP contribution in [0.25, 0.3) is 0 Å². The molecule has 0 aromatic heterocycles. The molecule has 0 aliphatic carbocycles. The van der Waals surface area contributed by atoms with Crippen LogP contribution in [0.4, 0.5) is 0 Å². The van der Waals surface area contributed by atoms with Crippen LogP contribution in [0.2, 0.25) is 0 Å².